The van der Waals surface area contributed by atoms with Gasteiger partial charge in [0.2, 0.25) is 0 Å². The van der Waals surface area contributed by atoms with Gasteiger partial charge < -0.3 is 10.1 Å². The third kappa shape index (κ3) is 5.12. The molecule has 2 rings (SSSR count). The Hall–Kier alpha value is -2.31. The molecule has 0 heterocycles. The number of ether oxygens (including phenoxy) is 1. The molecule has 0 aromatic heterocycles. The predicted molar refractivity (Wildman–Crippen MR) is 77.5 cm³/mol. The number of allylic oxidation sites excluding steroid dienone is 2. The van der Waals surface area contributed by atoms with Crippen LogP contribution in [0.2, 0.25) is 0 Å². The highest BCUT2D eigenvalue weighted by Gasteiger charge is 2.33. The highest BCUT2D eigenvalue weighted by molar-refractivity contribution is 5.93. The number of hydrogen-bond acceptors (Lipinski definition) is 3. The van der Waals surface area contributed by atoms with E-state index < -0.39 is 30.2 Å². The molecule has 1 aromatic carbocycles. The van der Waals surface area contributed by atoms with Crippen molar-refractivity contribution >= 4 is 17.6 Å². The SMILES string of the molecule is O=C(COC(=O)C[C@@H]1C=CCC1)Nc1ccccc1C(F)(F)F. The van der Waals surface area contributed by atoms with Gasteiger partial charge in [-0.25, -0.2) is 0 Å². The van der Waals surface area contributed by atoms with Crippen LogP contribution < -0.4 is 5.32 Å². The molecule has 0 spiro atoms. The maximum absolute atomic E-state index is 12.8. The van der Waals surface area contributed by atoms with Gasteiger partial charge in [-0.05, 0) is 30.9 Å². The normalized spacial score (nSPS) is 17.1. The van der Waals surface area contributed by atoms with Crippen molar-refractivity contribution in [2.45, 2.75) is 25.4 Å². The van der Waals surface area contributed by atoms with Crippen molar-refractivity contribution in [3.8, 4) is 0 Å². The maximum atomic E-state index is 12.8. The lowest BCUT2D eigenvalue weighted by molar-refractivity contribution is -0.148. The summed E-state index contributed by atoms with van der Waals surface area (Å²) in [6, 6.07) is 4.62. The number of carbonyl (C=O) groups is 2. The molecule has 1 aliphatic carbocycles. The summed E-state index contributed by atoms with van der Waals surface area (Å²) in [5.74, 6) is -1.24. The molecule has 1 amide bonds. The molecule has 1 aliphatic rings. The highest BCUT2D eigenvalue weighted by Crippen LogP contribution is 2.34. The van der Waals surface area contributed by atoms with Gasteiger partial charge >= 0.3 is 12.1 Å². The Morgan fingerprint density at radius 1 is 1.26 bits per heavy atom. The fourth-order valence-corrected chi connectivity index (χ4v) is 2.31. The standard InChI is InChI=1S/C16H16F3NO3/c17-16(18,19)12-7-3-4-8-13(12)20-14(21)10-23-15(22)9-11-5-1-2-6-11/h1,3-5,7-8,11H,2,6,9-10H2,(H,20,21)/t11-/m1/s1. The first-order valence-electron chi connectivity index (χ1n) is 7.14. The minimum atomic E-state index is -4.57. The molecule has 0 unspecified atom stereocenters. The Labute approximate surface area is 131 Å². The van der Waals surface area contributed by atoms with Crippen LogP contribution in [0.15, 0.2) is 36.4 Å². The van der Waals surface area contributed by atoms with Gasteiger partial charge in [-0.2, -0.15) is 13.2 Å². The summed E-state index contributed by atoms with van der Waals surface area (Å²) >= 11 is 0. The Bertz CT molecular complexity index is 611. The molecule has 0 aliphatic heterocycles. The van der Waals surface area contributed by atoms with E-state index in [2.05, 4.69) is 5.32 Å². The van der Waals surface area contributed by atoms with E-state index in [-0.39, 0.29) is 18.0 Å². The van der Waals surface area contributed by atoms with E-state index in [9.17, 15) is 22.8 Å². The lowest BCUT2D eigenvalue weighted by Gasteiger charge is -2.13. The molecule has 0 radical (unpaired) electrons. The summed E-state index contributed by atoms with van der Waals surface area (Å²) in [5.41, 5.74) is -1.31. The molecule has 23 heavy (non-hydrogen) atoms. The number of hydrogen-bond donors (Lipinski definition) is 1. The van der Waals surface area contributed by atoms with Crippen molar-refractivity contribution in [1.82, 2.24) is 0 Å². The molecule has 1 N–H and O–H groups in total. The van der Waals surface area contributed by atoms with Gasteiger partial charge in [0, 0.05) is 0 Å². The molecule has 124 valence electrons. The van der Waals surface area contributed by atoms with Crippen molar-refractivity contribution in [2.24, 2.45) is 5.92 Å². The molecule has 4 nitrogen and oxygen atoms in total. The third-order valence-corrected chi connectivity index (χ3v) is 3.41. The highest BCUT2D eigenvalue weighted by atomic mass is 19.4. The topological polar surface area (TPSA) is 55.4 Å². The summed E-state index contributed by atoms with van der Waals surface area (Å²) in [4.78, 5) is 23.2. The molecular weight excluding hydrogens is 311 g/mol. The Morgan fingerprint density at radius 2 is 2.00 bits per heavy atom. The number of halogens is 3. The van der Waals surface area contributed by atoms with Crippen LogP contribution in [-0.2, 0) is 20.5 Å². The smallest absolute Gasteiger partial charge is 0.418 e. The molecule has 7 heteroatoms. The number of carbonyl (C=O) groups excluding carboxylic acids is 2. The Balaban J connectivity index is 1.85. The van der Waals surface area contributed by atoms with Gasteiger partial charge in [0.05, 0.1) is 17.7 Å². The summed E-state index contributed by atoms with van der Waals surface area (Å²) in [7, 11) is 0. The average Bonchev–Trinajstić information content (AvgIpc) is 2.97. The molecular formula is C16H16F3NO3. The first kappa shape index (κ1) is 17.1. The monoisotopic (exact) mass is 327 g/mol. The first-order valence-corrected chi connectivity index (χ1v) is 7.14. The molecule has 1 atom stereocenters. The second-order valence-electron chi connectivity index (χ2n) is 5.22. The third-order valence-electron chi connectivity index (χ3n) is 3.41. The largest absolute Gasteiger partial charge is 0.456 e. The first-order chi connectivity index (χ1) is 10.9. The number of esters is 1. The number of amides is 1. The Morgan fingerprint density at radius 3 is 2.65 bits per heavy atom. The number of nitrogens with one attached hydrogen (secondary N) is 1. The zero-order valence-electron chi connectivity index (χ0n) is 12.2. The second-order valence-corrected chi connectivity index (χ2v) is 5.22. The average molecular weight is 327 g/mol. The van der Waals surface area contributed by atoms with Crippen LogP contribution in [-0.4, -0.2) is 18.5 Å². The van der Waals surface area contributed by atoms with Crippen LogP contribution in [0, 0.1) is 5.92 Å². The summed E-state index contributed by atoms with van der Waals surface area (Å²) in [6.07, 6.45) is 1.25. The van der Waals surface area contributed by atoms with Crippen LogP contribution in [0.5, 0.6) is 0 Å². The predicted octanol–water partition coefficient (Wildman–Crippen LogP) is 3.54. The van der Waals surface area contributed by atoms with Crippen molar-refractivity contribution in [1.29, 1.82) is 0 Å². The second kappa shape index (κ2) is 7.30. The van der Waals surface area contributed by atoms with E-state index in [1.54, 1.807) is 0 Å². The summed E-state index contributed by atoms with van der Waals surface area (Å²) in [5, 5.41) is 2.12. The minimum Gasteiger partial charge on any atom is -0.456 e. The molecule has 0 saturated carbocycles. The quantitative estimate of drug-likeness (QED) is 0.665. The van der Waals surface area contributed by atoms with Crippen LogP contribution >= 0.6 is 0 Å². The molecule has 1 aromatic rings. The number of alkyl halides is 3. The minimum absolute atomic E-state index is 0.108. The number of para-hydroxylation sites is 1. The van der Waals surface area contributed by atoms with E-state index in [4.69, 9.17) is 4.74 Å². The van der Waals surface area contributed by atoms with E-state index in [0.29, 0.717) is 0 Å². The zero-order valence-corrected chi connectivity index (χ0v) is 12.2. The lowest BCUT2D eigenvalue weighted by Crippen LogP contribution is -2.23. The van der Waals surface area contributed by atoms with Gasteiger partial charge in [0.1, 0.15) is 0 Å². The van der Waals surface area contributed by atoms with Gasteiger partial charge in [0.25, 0.3) is 5.91 Å². The Kier molecular flexibility index (Phi) is 5.41. The zero-order chi connectivity index (χ0) is 16.9. The van der Waals surface area contributed by atoms with Crippen molar-refractivity contribution in [2.75, 3.05) is 11.9 Å². The van der Waals surface area contributed by atoms with Gasteiger partial charge in [-0.15, -0.1) is 0 Å². The summed E-state index contributed by atoms with van der Waals surface area (Å²) < 4.78 is 43.2. The van der Waals surface area contributed by atoms with Crippen LogP contribution in [0.25, 0.3) is 0 Å². The van der Waals surface area contributed by atoms with Crippen LogP contribution in [0.3, 0.4) is 0 Å². The van der Waals surface area contributed by atoms with Gasteiger partial charge in [0.15, 0.2) is 6.61 Å². The molecule has 0 bridgehead atoms. The van der Waals surface area contributed by atoms with Crippen LogP contribution in [0.4, 0.5) is 18.9 Å². The van der Waals surface area contributed by atoms with Crippen molar-refractivity contribution in [3.05, 3.63) is 42.0 Å². The van der Waals surface area contributed by atoms with Crippen LogP contribution in [0.1, 0.15) is 24.8 Å². The van der Waals surface area contributed by atoms with E-state index in [1.165, 1.54) is 12.1 Å². The maximum Gasteiger partial charge on any atom is 0.418 e. The van der Waals surface area contributed by atoms with E-state index in [1.807, 2.05) is 12.2 Å². The fourth-order valence-electron chi connectivity index (χ4n) is 2.31. The number of anilines is 1. The fraction of sp³-hybridized carbons (Fsp3) is 0.375. The van der Waals surface area contributed by atoms with Crippen molar-refractivity contribution < 1.29 is 27.5 Å². The lowest BCUT2D eigenvalue weighted by atomic mass is 10.1. The van der Waals surface area contributed by atoms with E-state index >= 15 is 0 Å². The van der Waals surface area contributed by atoms with E-state index in [0.717, 1.165) is 25.0 Å². The molecule has 0 fully saturated rings. The van der Waals surface area contributed by atoms with Gasteiger partial charge in [-0.1, -0.05) is 24.3 Å². The number of rotatable bonds is 5. The van der Waals surface area contributed by atoms with Crippen molar-refractivity contribution in [3.63, 3.8) is 0 Å². The molecule has 0 saturated heterocycles. The number of benzene rings is 1. The summed E-state index contributed by atoms with van der Waals surface area (Å²) in [6.45, 7) is -0.610. The van der Waals surface area contributed by atoms with Gasteiger partial charge in [-0.3, -0.25) is 9.59 Å².